The highest BCUT2D eigenvalue weighted by atomic mass is 16.2. The summed E-state index contributed by atoms with van der Waals surface area (Å²) in [5.41, 5.74) is 0. The van der Waals surface area contributed by atoms with Crippen molar-refractivity contribution in [3.63, 3.8) is 0 Å². The van der Waals surface area contributed by atoms with E-state index in [0.717, 1.165) is 0 Å². The second-order valence-electron chi connectivity index (χ2n) is 1.87. The fourth-order valence-electron chi connectivity index (χ4n) is 0.733. The smallest absolute Gasteiger partial charge is 0.242 e. The van der Waals surface area contributed by atoms with Crippen molar-refractivity contribution in [2.45, 2.75) is 0 Å². The molecule has 1 saturated heterocycles. The van der Waals surface area contributed by atoms with Gasteiger partial charge in [0, 0.05) is 13.1 Å². The van der Waals surface area contributed by atoms with Crippen molar-refractivity contribution in [1.29, 1.82) is 0 Å². The molecule has 4 heteroatoms. The maximum Gasteiger partial charge on any atom is 0.242 e. The predicted octanol–water partition coefficient (Wildman–Crippen LogP) is -1.43. The SMILES string of the molecule is O=CN1CCNCC1=O. The van der Waals surface area contributed by atoms with Crippen molar-refractivity contribution in [3.05, 3.63) is 0 Å². The molecule has 0 aliphatic carbocycles. The monoisotopic (exact) mass is 128 g/mol. The molecule has 1 rings (SSSR count). The normalized spacial score (nSPS) is 20.0. The van der Waals surface area contributed by atoms with Gasteiger partial charge in [-0.05, 0) is 0 Å². The topological polar surface area (TPSA) is 49.4 Å². The van der Waals surface area contributed by atoms with E-state index in [1.165, 1.54) is 4.90 Å². The summed E-state index contributed by atoms with van der Waals surface area (Å²) in [6.07, 6.45) is 0.573. The van der Waals surface area contributed by atoms with Crippen LogP contribution in [0.4, 0.5) is 0 Å². The average Bonchev–Trinajstić information content (AvgIpc) is 1.89. The van der Waals surface area contributed by atoms with E-state index in [9.17, 15) is 9.59 Å². The van der Waals surface area contributed by atoms with Crippen LogP contribution in [0.2, 0.25) is 0 Å². The third-order valence-corrected chi connectivity index (χ3v) is 1.25. The summed E-state index contributed by atoms with van der Waals surface area (Å²) < 4.78 is 0. The number of carbonyl (C=O) groups excluding carboxylic acids is 2. The Hall–Kier alpha value is -0.900. The van der Waals surface area contributed by atoms with Crippen LogP contribution in [0.15, 0.2) is 0 Å². The van der Waals surface area contributed by atoms with E-state index in [1.807, 2.05) is 0 Å². The minimum absolute atomic E-state index is 0.142. The number of hydrogen-bond acceptors (Lipinski definition) is 3. The second-order valence-corrected chi connectivity index (χ2v) is 1.87. The molecule has 2 amide bonds. The van der Waals surface area contributed by atoms with Crippen LogP contribution in [0.5, 0.6) is 0 Å². The molecule has 0 aromatic carbocycles. The molecule has 1 aliphatic rings. The molecule has 0 spiro atoms. The molecular formula is C5H8N2O2. The third kappa shape index (κ3) is 1.26. The van der Waals surface area contributed by atoms with Gasteiger partial charge >= 0.3 is 0 Å². The van der Waals surface area contributed by atoms with E-state index in [-0.39, 0.29) is 5.91 Å². The van der Waals surface area contributed by atoms with Crippen molar-refractivity contribution in [2.75, 3.05) is 19.6 Å². The van der Waals surface area contributed by atoms with Gasteiger partial charge in [0.05, 0.1) is 6.54 Å². The fourth-order valence-corrected chi connectivity index (χ4v) is 0.733. The summed E-state index contributed by atoms with van der Waals surface area (Å²) in [5, 5.41) is 2.85. The molecule has 0 unspecified atom stereocenters. The molecule has 9 heavy (non-hydrogen) atoms. The van der Waals surface area contributed by atoms with Crippen LogP contribution in [0.1, 0.15) is 0 Å². The Bertz CT molecular complexity index is 135. The molecular weight excluding hydrogens is 120 g/mol. The quantitative estimate of drug-likeness (QED) is 0.441. The number of piperazine rings is 1. The molecule has 0 atom stereocenters. The van der Waals surface area contributed by atoms with E-state index in [2.05, 4.69) is 5.32 Å². The third-order valence-electron chi connectivity index (χ3n) is 1.25. The molecule has 1 aliphatic heterocycles. The molecule has 0 saturated carbocycles. The summed E-state index contributed by atoms with van der Waals surface area (Å²) in [5.74, 6) is -0.142. The van der Waals surface area contributed by atoms with Crippen LogP contribution in [-0.4, -0.2) is 36.9 Å². The summed E-state index contributed by atoms with van der Waals surface area (Å²) in [7, 11) is 0. The van der Waals surface area contributed by atoms with Gasteiger partial charge in [0.15, 0.2) is 0 Å². The average molecular weight is 128 g/mol. The molecule has 4 nitrogen and oxygen atoms in total. The first-order valence-electron chi connectivity index (χ1n) is 2.80. The van der Waals surface area contributed by atoms with Gasteiger partial charge in [-0.15, -0.1) is 0 Å². The number of nitrogens with one attached hydrogen (secondary N) is 1. The van der Waals surface area contributed by atoms with Gasteiger partial charge in [-0.1, -0.05) is 0 Å². The standard InChI is InChI=1S/C5H8N2O2/c8-4-7-2-1-6-3-5(7)9/h4,6H,1-3H2. The number of imide groups is 1. The lowest BCUT2D eigenvalue weighted by atomic mass is 10.4. The number of carbonyl (C=O) groups is 2. The van der Waals surface area contributed by atoms with Gasteiger partial charge in [-0.3, -0.25) is 14.5 Å². The first kappa shape index (κ1) is 6.22. The Morgan fingerprint density at radius 3 is 2.89 bits per heavy atom. The largest absolute Gasteiger partial charge is 0.307 e. The lowest BCUT2D eigenvalue weighted by Gasteiger charge is -2.20. The minimum atomic E-state index is -0.142. The molecule has 1 heterocycles. The van der Waals surface area contributed by atoms with E-state index < -0.39 is 0 Å². The van der Waals surface area contributed by atoms with Crippen molar-refractivity contribution in [1.82, 2.24) is 10.2 Å². The molecule has 0 radical (unpaired) electrons. The Kier molecular flexibility index (Phi) is 1.79. The zero-order valence-corrected chi connectivity index (χ0v) is 4.96. The molecule has 0 aromatic rings. The molecule has 0 aromatic heterocycles. The van der Waals surface area contributed by atoms with E-state index >= 15 is 0 Å². The van der Waals surface area contributed by atoms with Crippen molar-refractivity contribution < 1.29 is 9.59 Å². The van der Waals surface area contributed by atoms with Crippen LogP contribution in [0.25, 0.3) is 0 Å². The molecule has 50 valence electrons. The Morgan fingerprint density at radius 2 is 2.44 bits per heavy atom. The lowest BCUT2D eigenvalue weighted by Crippen LogP contribution is -2.47. The Labute approximate surface area is 52.8 Å². The molecule has 1 fully saturated rings. The van der Waals surface area contributed by atoms with Crippen molar-refractivity contribution in [3.8, 4) is 0 Å². The van der Waals surface area contributed by atoms with Crippen LogP contribution < -0.4 is 5.32 Å². The zero-order valence-electron chi connectivity index (χ0n) is 4.96. The van der Waals surface area contributed by atoms with Gasteiger partial charge in [-0.25, -0.2) is 0 Å². The Balaban J connectivity index is 2.48. The van der Waals surface area contributed by atoms with Crippen LogP contribution in [0.3, 0.4) is 0 Å². The van der Waals surface area contributed by atoms with Crippen molar-refractivity contribution >= 4 is 12.3 Å². The lowest BCUT2D eigenvalue weighted by molar-refractivity contribution is -0.138. The van der Waals surface area contributed by atoms with Crippen LogP contribution >= 0.6 is 0 Å². The first-order chi connectivity index (χ1) is 4.34. The number of amides is 2. The molecule has 0 bridgehead atoms. The maximum atomic E-state index is 10.7. The van der Waals surface area contributed by atoms with Gasteiger partial charge in [0.25, 0.3) is 0 Å². The number of hydrogen-bond donors (Lipinski definition) is 1. The summed E-state index contributed by atoms with van der Waals surface area (Å²) in [6.45, 7) is 1.51. The van der Waals surface area contributed by atoms with E-state index in [4.69, 9.17) is 0 Å². The van der Waals surface area contributed by atoms with Gasteiger partial charge in [0.1, 0.15) is 0 Å². The maximum absolute atomic E-state index is 10.7. The van der Waals surface area contributed by atoms with E-state index in [1.54, 1.807) is 0 Å². The zero-order chi connectivity index (χ0) is 6.69. The second kappa shape index (κ2) is 2.59. The highest BCUT2D eigenvalue weighted by molar-refractivity contribution is 5.88. The number of nitrogens with zero attached hydrogens (tertiary/aromatic N) is 1. The van der Waals surface area contributed by atoms with Crippen LogP contribution in [0, 0.1) is 0 Å². The molecule has 1 N–H and O–H groups in total. The summed E-state index contributed by atoms with van der Waals surface area (Å²) in [4.78, 5) is 21.9. The highest BCUT2D eigenvalue weighted by Gasteiger charge is 2.15. The fraction of sp³-hybridized carbons (Fsp3) is 0.600. The minimum Gasteiger partial charge on any atom is -0.307 e. The Morgan fingerprint density at radius 1 is 1.67 bits per heavy atom. The van der Waals surface area contributed by atoms with Gasteiger partial charge < -0.3 is 5.32 Å². The van der Waals surface area contributed by atoms with Gasteiger partial charge in [-0.2, -0.15) is 0 Å². The van der Waals surface area contributed by atoms with Crippen molar-refractivity contribution in [2.24, 2.45) is 0 Å². The predicted molar refractivity (Wildman–Crippen MR) is 30.6 cm³/mol. The summed E-state index contributed by atoms with van der Waals surface area (Å²) >= 11 is 0. The first-order valence-corrected chi connectivity index (χ1v) is 2.80. The summed E-state index contributed by atoms with van der Waals surface area (Å²) in [6, 6.07) is 0. The van der Waals surface area contributed by atoms with Crippen LogP contribution in [-0.2, 0) is 9.59 Å². The van der Waals surface area contributed by atoms with E-state index in [0.29, 0.717) is 26.0 Å². The highest BCUT2D eigenvalue weighted by Crippen LogP contribution is 1.87. The van der Waals surface area contributed by atoms with Gasteiger partial charge in [0.2, 0.25) is 12.3 Å². The number of rotatable bonds is 1.